The van der Waals surface area contributed by atoms with E-state index >= 15 is 0 Å². The number of hydrogen-bond acceptors (Lipinski definition) is 5. The van der Waals surface area contributed by atoms with Crippen molar-refractivity contribution in [2.24, 2.45) is 0 Å². The Morgan fingerprint density at radius 2 is 1.68 bits per heavy atom. The molecule has 156 valence electrons. The van der Waals surface area contributed by atoms with Crippen LogP contribution in [0.2, 0.25) is 0 Å². The fourth-order valence-corrected chi connectivity index (χ4v) is 4.16. The van der Waals surface area contributed by atoms with Crippen molar-refractivity contribution in [3.05, 3.63) is 79.4 Å². The second-order valence-electron chi connectivity index (χ2n) is 7.78. The maximum absolute atomic E-state index is 11.6. The van der Waals surface area contributed by atoms with Gasteiger partial charge in [0.15, 0.2) is 28.1 Å². The van der Waals surface area contributed by atoms with Crippen molar-refractivity contribution in [2.45, 2.75) is 23.8 Å². The van der Waals surface area contributed by atoms with Crippen LogP contribution in [0, 0.1) is 0 Å². The highest BCUT2D eigenvalue weighted by molar-refractivity contribution is 7.90. The zero-order chi connectivity index (χ0) is 21.4. The molecule has 0 bridgehead atoms. The molecule has 0 unspecified atom stereocenters. The molecule has 1 aliphatic carbocycles. The lowest BCUT2D eigenvalue weighted by molar-refractivity contribution is -0.642. The van der Waals surface area contributed by atoms with Gasteiger partial charge in [-0.2, -0.15) is 5.43 Å². The molecule has 2 aromatic heterocycles. The first-order valence-electron chi connectivity index (χ1n) is 10.1. The van der Waals surface area contributed by atoms with E-state index in [9.17, 15) is 8.42 Å². The molecule has 5 rings (SSSR count). The Balaban J connectivity index is 1.34. The Hall–Kier alpha value is -3.52. The normalized spacial score (nSPS) is 13.8. The second kappa shape index (κ2) is 7.63. The van der Waals surface area contributed by atoms with Crippen LogP contribution >= 0.6 is 0 Å². The monoisotopic (exact) mass is 432 g/mol. The van der Waals surface area contributed by atoms with E-state index in [-0.39, 0.29) is 0 Å². The Bertz CT molecular complexity index is 1330. The standard InChI is InChI=1S/C23H22N5O2S/c1-31(29,30)22-9-5-17(6-10-22)18-11-13-27(14-12-18)26-20-4-2-3-19(15-20)23-25-24-16-28(23)21-7-8-21/h2-6,9-16,21,26H,7-8H2,1H3/q+1. The summed E-state index contributed by atoms with van der Waals surface area (Å²) >= 11 is 0. The van der Waals surface area contributed by atoms with Crippen LogP contribution in [0.15, 0.2) is 84.3 Å². The molecule has 2 aromatic carbocycles. The number of sulfone groups is 1. The van der Waals surface area contributed by atoms with Crippen molar-refractivity contribution >= 4 is 15.5 Å². The van der Waals surface area contributed by atoms with E-state index in [0.717, 1.165) is 28.2 Å². The van der Waals surface area contributed by atoms with Crippen LogP contribution in [-0.2, 0) is 9.84 Å². The molecule has 0 amide bonds. The zero-order valence-corrected chi connectivity index (χ0v) is 17.8. The molecule has 1 saturated carbocycles. The third-order valence-electron chi connectivity index (χ3n) is 5.34. The second-order valence-corrected chi connectivity index (χ2v) is 9.79. The van der Waals surface area contributed by atoms with Crippen molar-refractivity contribution in [1.82, 2.24) is 14.8 Å². The van der Waals surface area contributed by atoms with Crippen LogP contribution in [-0.4, -0.2) is 29.4 Å². The number of rotatable bonds is 6. The summed E-state index contributed by atoms with van der Waals surface area (Å²) in [6.45, 7) is 0. The van der Waals surface area contributed by atoms with Gasteiger partial charge in [0.05, 0.1) is 10.6 Å². The molecule has 1 aliphatic rings. The zero-order valence-electron chi connectivity index (χ0n) is 17.0. The van der Waals surface area contributed by atoms with Gasteiger partial charge < -0.3 is 4.57 Å². The van der Waals surface area contributed by atoms with Gasteiger partial charge in [0.1, 0.15) is 6.33 Å². The Morgan fingerprint density at radius 1 is 0.968 bits per heavy atom. The molecule has 8 heteroatoms. The summed E-state index contributed by atoms with van der Waals surface area (Å²) in [4.78, 5) is 0.321. The summed E-state index contributed by atoms with van der Waals surface area (Å²) in [5.74, 6) is 0.893. The summed E-state index contributed by atoms with van der Waals surface area (Å²) in [5, 5.41) is 8.39. The van der Waals surface area contributed by atoms with E-state index in [1.54, 1.807) is 12.1 Å². The van der Waals surface area contributed by atoms with E-state index < -0.39 is 9.84 Å². The highest BCUT2D eigenvalue weighted by Gasteiger charge is 2.26. The third-order valence-corrected chi connectivity index (χ3v) is 6.47. The van der Waals surface area contributed by atoms with E-state index in [4.69, 9.17) is 0 Å². The minimum Gasteiger partial charge on any atom is -0.310 e. The Labute approximate surface area is 180 Å². The van der Waals surface area contributed by atoms with Crippen molar-refractivity contribution < 1.29 is 13.1 Å². The summed E-state index contributed by atoms with van der Waals surface area (Å²) in [5.41, 5.74) is 7.29. The topological polar surface area (TPSA) is 80.8 Å². The van der Waals surface area contributed by atoms with Crippen molar-refractivity contribution in [1.29, 1.82) is 0 Å². The molecule has 31 heavy (non-hydrogen) atoms. The van der Waals surface area contributed by atoms with Crippen LogP contribution in [0.3, 0.4) is 0 Å². The lowest BCUT2D eigenvalue weighted by Gasteiger charge is -2.07. The fraction of sp³-hybridized carbons (Fsp3) is 0.174. The van der Waals surface area contributed by atoms with Gasteiger partial charge in [0.25, 0.3) is 0 Å². The summed E-state index contributed by atoms with van der Waals surface area (Å²) in [7, 11) is -3.19. The fourth-order valence-electron chi connectivity index (χ4n) is 3.53. The highest BCUT2D eigenvalue weighted by atomic mass is 32.2. The quantitative estimate of drug-likeness (QED) is 0.472. The van der Waals surface area contributed by atoms with Gasteiger partial charge in [-0.15, -0.1) is 10.2 Å². The summed E-state index contributed by atoms with van der Waals surface area (Å²) < 4.78 is 27.3. The average molecular weight is 433 g/mol. The van der Waals surface area contributed by atoms with Gasteiger partial charge in [-0.25, -0.2) is 8.42 Å². The molecule has 1 fully saturated rings. The summed E-state index contributed by atoms with van der Waals surface area (Å²) in [6.07, 6.45) is 9.25. The van der Waals surface area contributed by atoms with Crippen LogP contribution < -0.4 is 10.1 Å². The number of hydrogen-bond donors (Lipinski definition) is 1. The minimum atomic E-state index is -3.19. The molecule has 4 aromatic rings. The first-order valence-corrected chi connectivity index (χ1v) is 12.0. The number of pyridine rings is 1. The predicted molar refractivity (Wildman–Crippen MR) is 118 cm³/mol. The van der Waals surface area contributed by atoms with Gasteiger partial charge in [-0.1, -0.05) is 28.9 Å². The average Bonchev–Trinajstić information content (AvgIpc) is 3.50. The van der Waals surface area contributed by atoms with Gasteiger partial charge in [-0.05, 0) is 48.2 Å². The smallest absolute Gasteiger partial charge is 0.200 e. The van der Waals surface area contributed by atoms with Gasteiger partial charge in [0, 0.05) is 30.0 Å². The van der Waals surface area contributed by atoms with E-state index in [2.05, 4.69) is 26.3 Å². The van der Waals surface area contributed by atoms with E-state index in [0.29, 0.717) is 10.9 Å². The lowest BCUT2D eigenvalue weighted by Crippen LogP contribution is -2.41. The molecule has 1 N–H and O–H groups in total. The van der Waals surface area contributed by atoms with Gasteiger partial charge in [-0.3, -0.25) is 0 Å². The number of benzene rings is 2. The third kappa shape index (κ3) is 4.20. The van der Waals surface area contributed by atoms with E-state index in [1.807, 2.05) is 65.9 Å². The largest absolute Gasteiger partial charge is 0.310 e. The highest BCUT2D eigenvalue weighted by Crippen LogP contribution is 2.37. The predicted octanol–water partition coefficient (Wildman–Crippen LogP) is 3.51. The lowest BCUT2D eigenvalue weighted by atomic mass is 10.1. The Kier molecular flexibility index (Phi) is 4.78. The number of anilines is 1. The molecule has 0 atom stereocenters. The maximum Gasteiger partial charge on any atom is 0.200 e. The molecule has 0 saturated heterocycles. The van der Waals surface area contributed by atoms with Gasteiger partial charge >= 0.3 is 0 Å². The summed E-state index contributed by atoms with van der Waals surface area (Å²) in [6, 6.07) is 19.5. The molecule has 2 heterocycles. The van der Waals surface area contributed by atoms with Crippen LogP contribution in [0.1, 0.15) is 18.9 Å². The number of aromatic nitrogens is 4. The number of nitrogens with zero attached hydrogens (tertiary/aromatic N) is 4. The van der Waals surface area contributed by atoms with Crippen LogP contribution in [0.4, 0.5) is 5.69 Å². The first-order chi connectivity index (χ1) is 15.0. The molecule has 7 nitrogen and oxygen atoms in total. The molecule has 0 aliphatic heterocycles. The minimum absolute atomic E-state index is 0.321. The van der Waals surface area contributed by atoms with Crippen molar-refractivity contribution in [3.8, 4) is 22.5 Å². The molecule has 0 spiro atoms. The van der Waals surface area contributed by atoms with Crippen molar-refractivity contribution in [2.75, 3.05) is 11.7 Å². The number of nitrogens with one attached hydrogen (secondary N) is 1. The maximum atomic E-state index is 11.6. The SMILES string of the molecule is CS(=O)(=O)c1ccc(-c2cc[n+](Nc3cccc(-c4nncn4C4CC4)c3)cc2)cc1. The molecule has 0 radical (unpaired) electrons. The molecular weight excluding hydrogens is 410 g/mol. The Morgan fingerprint density at radius 3 is 2.35 bits per heavy atom. The van der Waals surface area contributed by atoms with Crippen LogP contribution in [0.5, 0.6) is 0 Å². The van der Waals surface area contributed by atoms with Crippen LogP contribution in [0.25, 0.3) is 22.5 Å². The van der Waals surface area contributed by atoms with Gasteiger partial charge in [0.2, 0.25) is 0 Å². The molecular formula is C23H22N5O2S+. The first kappa shape index (κ1) is 19.4. The van der Waals surface area contributed by atoms with E-state index in [1.165, 1.54) is 19.1 Å². The van der Waals surface area contributed by atoms with Crippen molar-refractivity contribution in [3.63, 3.8) is 0 Å².